The van der Waals surface area contributed by atoms with Crippen LogP contribution in [0, 0.1) is 5.41 Å². The zero-order valence-corrected chi connectivity index (χ0v) is 12.1. The van der Waals surface area contributed by atoms with E-state index in [9.17, 15) is 22.8 Å². The number of alkyl halides is 5. The maximum atomic E-state index is 12.3. The van der Waals surface area contributed by atoms with Gasteiger partial charge in [0.15, 0.2) is 0 Å². The zero-order valence-electron chi connectivity index (χ0n) is 10.6. The van der Waals surface area contributed by atoms with E-state index in [2.05, 4.69) is 5.32 Å². The first-order valence-corrected chi connectivity index (χ1v) is 6.76. The van der Waals surface area contributed by atoms with Gasteiger partial charge in [-0.2, -0.15) is 13.2 Å². The summed E-state index contributed by atoms with van der Waals surface area (Å²) in [7, 11) is 0. The number of hydrogen-bond acceptors (Lipinski definition) is 2. The average Bonchev–Trinajstić information content (AvgIpc) is 2.63. The second-order valence-corrected chi connectivity index (χ2v) is 6.89. The van der Waals surface area contributed by atoms with Gasteiger partial charge in [0.05, 0.1) is 5.41 Å². The van der Waals surface area contributed by atoms with Gasteiger partial charge in [0.25, 0.3) is 0 Å². The number of carbonyl (C=O) groups excluding carboxylic acids is 2. The molecular formula is C11H13Cl2F3N2O2. The number of amides is 2. The Labute approximate surface area is 123 Å². The van der Waals surface area contributed by atoms with Gasteiger partial charge >= 0.3 is 6.18 Å². The molecule has 0 aromatic rings. The Morgan fingerprint density at radius 2 is 2.05 bits per heavy atom. The molecule has 2 atom stereocenters. The highest BCUT2D eigenvalue weighted by atomic mass is 35.5. The van der Waals surface area contributed by atoms with Crippen LogP contribution in [0.25, 0.3) is 0 Å². The minimum Gasteiger partial charge on any atom is -0.344 e. The summed E-state index contributed by atoms with van der Waals surface area (Å²) >= 11 is 11.7. The van der Waals surface area contributed by atoms with Crippen LogP contribution in [0.2, 0.25) is 0 Å². The van der Waals surface area contributed by atoms with Crippen LogP contribution in [-0.2, 0) is 9.59 Å². The number of hydrogen-bond donors (Lipinski definition) is 1. The summed E-state index contributed by atoms with van der Waals surface area (Å²) in [5.41, 5.74) is -0.992. The van der Waals surface area contributed by atoms with Crippen molar-refractivity contribution in [2.24, 2.45) is 5.41 Å². The Bertz CT molecular complexity index is 455. The first-order chi connectivity index (χ1) is 8.96. The predicted octanol–water partition coefficient (Wildman–Crippen LogP) is 1.85. The van der Waals surface area contributed by atoms with Gasteiger partial charge in [-0.3, -0.25) is 9.59 Å². The third-order valence-electron chi connectivity index (χ3n) is 3.73. The normalized spacial score (nSPS) is 32.4. The third kappa shape index (κ3) is 2.83. The van der Waals surface area contributed by atoms with Crippen molar-refractivity contribution in [1.82, 2.24) is 10.2 Å². The lowest BCUT2D eigenvalue weighted by molar-refractivity contribution is -0.158. The molecule has 4 nitrogen and oxygen atoms in total. The van der Waals surface area contributed by atoms with Crippen molar-refractivity contribution in [3.8, 4) is 0 Å². The van der Waals surface area contributed by atoms with Crippen LogP contribution in [0.1, 0.15) is 19.8 Å². The summed E-state index contributed by atoms with van der Waals surface area (Å²) < 4.78 is 35.6. The van der Waals surface area contributed by atoms with Gasteiger partial charge < -0.3 is 10.2 Å². The molecule has 2 aliphatic rings. The Hall–Kier alpha value is -0.690. The monoisotopic (exact) mass is 332 g/mol. The van der Waals surface area contributed by atoms with Crippen LogP contribution < -0.4 is 5.32 Å². The lowest BCUT2D eigenvalue weighted by Crippen LogP contribution is -2.46. The van der Waals surface area contributed by atoms with E-state index in [1.807, 2.05) is 0 Å². The van der Waals surface area contributed by atoms with Crippen molar-refractivity contribution in [3.05, 3.63) is 0 Å². The molecular weight excluding hydrogens is 320 g/mol. The Kier molecular flexibility index (Phi) is 3.66. The van der Waals surface area contributed by atoms with Crippen LogP contribution in [0.4, 0.5) is 13.2 Å². The molecule has 1 N–H and O–H groups in total. The van der Waals surface area contributed by atoms with Crippen LogP contribution >= 0.6 is 23.2 Å². The first-order valence-electron chi connectivity index (χ1n) is 6.01. The van der Waals surface area contributed by atoms with Crippen LogP contribution in [0.5, 0.6) is 0 Å². The number of nitrogens with one attached hydrogen (secondary N) is 1. The summed E-state index contributed by atoms with van der Waals surface area (Å²) in [4.78, 5) is 24.4. The molecule has 2 rings (SSSR count). The molecule has 1 saturated carbocycles. The molecule has 0 unspecified atom stereocenters. The van der Waals surface area contributed by atoms with Gasteiger partial charge in [0, 0.05) is 6.54 Å². The Balaban J connectivity index is 1.93. The number of nitrogens with zero attached hydrogens (tertiary/aromatic N) is 1. The number of rotatable bonds is 3. The molecule has 1 heterocycles. The molecule has 0 aromatic carbocycles. The molecule has 1 aliphatic carbocycles. The quantitative estimate of drug-likeness (QED) is 0.802. The van der Waals surface area contributed by atoms with Gasteiger partial charge in [-0.25, -0.2) is 0 Å². The second kappa shape index (κ2) is 4.66. The number of halogens is 5. The molecule has 1 saturated heterocycles. The molecule has 0 spiro atoms. The van der Waals surface area contributed by atoms with Crippen molar-refractivity contribution in [2.75, 3.05) is 13.1 Å². The van der Waals surface area contributed by atoms with Crippen LogP contribution in [0.15, 0.2) is 0 Å². The van der Waals surface area contributed by atoms with Gasteiger partial charge in [-0.1, -0.05) is 0 Å². The second-order valence-electron chi connectivity index (χ2n) is 5.40. The minimum absolute atomic E-state index is 0.0348. The van der Waals surface area contributed by atoms with E-state index >= 15 is 0 Å². The molecule has 2 fully saturated rings. The number of likely N-dealkylation sites (tertiary alicyclic amines) is 1. The highest BCUT2D eigenvalue weighted by molar-refractivity contribution is 6.53. The van der Waals surface area contributed by atoms with Crippen molar-refractivity contribution < 1.29 is 22.8 Å². The molecule has 9 heteroatoms. The maximum Gasteiger partial charge on any atom is 0.406 e. The van der Waals surface area contributed by atoms with Crippen molar-refractivity contribution in [1.29, 1.82) is 0 Å². The Morgan fingerprint density at radius 1 is 1.50 bits per heavy atom. The van der Waals surface area contributed by atoms with Crippen molar-refractivity contribution >= 4 is 35.0 Å². The molecule has 1 aliphatic heterocycles. The summed E-state index contributed by atoms with van der Waals surface area (Å²) in [6.45, 7) is 0.215. The molecule has 2 amide bonds. The van der Waals surface area contributed by atoms with Crippen LogP contribution in [0.3, 0.4) is 0 Å². The largest absolute Gasteiger partial charge is 0.406 e. The summed E-state index contributed by atoms with van der Waals surface area (Å²) in [5.74, 6) is -1.23. The van der Waals surface area contributed by atoms with E-state index in [1.165, 1.54) is 0 Å². The van der Waals surface area contributed by atoms with Gasteiger partial charge in [0.1, 0.15) is 16.9 Å². The molecule has 20 heavy (non-hydrogen) atoms. The molecule has 114 valence electrons. The van der Waals surface area contributed by atoms with E-state index in [0.29, 0.717) is 4.90 Å². The number of carbonyl (C=O) groups is 2. The topological polar surface area (TPSA) is 49.4 Å². The van der Waals surface area contributed by atoms with E-state index < -0.39 is 40.3 Å². The average molecular weight is 333 g/mol. The predicted molar refractivity (Wildman–Crippen MR) is 66.3 cm³/mol. The zero-order chi connectivity index (χ0) is 15.3. The van der Waals surface area contributed by atoms with Crippen molar-refractivity contribution in [2.45, 2.75) is 36.3 Å². The van der Waals surface area contributed by atoms with Crippen molar-refractivity contribution in [3.63, 3.8) is 0 Å². The first kappa shape index (κ1) is 15.7. The molecule has 0 bridgehead atoms. The lowest BCUT2D eigenvalue weighted by atomic mass is 10.1. The van der Waals surface area contributed by atoms with E-state index in [-0.39, 0.29) is 19.4 Å². The molecule has 0 aromatic heterocycles. The van der Waals surface area contributed by atoms with Crippen LogP contribution in [-0.4, -0.2) is 46.4 Å². The minimum atomic E-state index is -4.45. The maximum absolute atomic E-state index is 12.3. The standard InChI is InChI=1S/C11H13Cl2F3N2O2/c1-9(4-10(9,12)13)8(20)17-6-2-3-18(7(6)19)5-11(14,15)16/h6H,2-5H2,1H3,(H,17,20)/t6-,9+/m0/s1. The van der Waals surface area contributed by atoms with E-state index in [1.54, 1.807) is 6.92 Å². The van der Waals surface area contributed by atoms with Gasteiger partial charge in [-0.15, -0.1) is 23.2 Å². The fourth-order valence-corrected chi connectivity index (χ4v) is 2.92. The van der Waals surface area contributed by atoms with Gasteiger partial charge in [-0.05, 0) is 19.8 Å². The van der Waals surface area contributed by atoms with Gasteiger partial charge in [0.2, 0.25) is 11.8 Å². The fourth-order valence-electron chi connectivity index (χ4n) is 2.21. The lowest BCUT2D eigenvalue weighted by Gasteiger charge is -2.20. The molecule has 0 radical (unpaired) electrons. The highest BCUT2D eigenvalue weighted by Crippen LogP contribution is 2.63. The highest BCUT2D eigenvalue weighted by Gasteiger charge is 2.68. The smallest absolute Gasteiger partial charge is 0.344 e. The SMILES string of the molecule is C[C@]1(C(=O)N[C@H]2CCN(CC(F)(F)F)C2=O)CC1(Cl)Cl. The fraction of sp³-hybridized carbons (Fsp3) is 0.818. The summed E-state index contributed by atoms with van der Waals surface area (Å²) in [6.07, 6.45) is -4.05. The van der Waals surface area contributed by atoms with E-state index in [4.69, 9.17) is 23.2 Å². The Morgan fingerprint density at radius 3 is 2.50 bits per heavy atom. The van der Waals surface area contributed by atoms with E-state index in [0.717, 1.165) is 0 Å². The third-order valence-corrected chi connectivity index (χ3v) is 4.83. The summed E-state index contributed by atoms with van der Waals surface area (Å²) in [6, 6.07) is -0.939. The summed E-state index contributed by atoms with van der Waals surface area (Å²) in [5, 5.41) is 2.44.